The van der Waals surface area contributed by atoms with Gasteiger partial charge in [-0.25, -0.2) is 0 Å². The molecule has 0 aliphatic heterocycles. The number of hydrogen-bond donors (Lipinski definition) is 1. The van der Waals surface area contributed by atoms with Crippen molar-refractivity contribution in [1.82, 2.24) is 0 Å². The molecule has 0 amide bonds. The topological polar surface area (TPSA) is 21.3 Å². The molecule has 108 valence electrons. The summed E-state index contributed by atoms with van der Waals surface area (Å²) >= 11 is 0. The smallest absolute Gasteiger partial charge is 0.148 e. The monoisotopic (exact) mass is 279 g/mol. The second kappa shape index (κ2) is 7.40. The van der Waals surface area contributed by atoms with E-state index < -0.39 is 0 Å². The first-order valence-corrected chi connectivity index (χ1v) is 7.18. The summed E-state index contributed by atoms with van der Waals surface area (Å²) in [5.41, 5.74) is 3.55. The number of benzene rings is 2. The Bertz CT molecular complexity index is 608. The molecule has 0 spiro atoms. The lowest BCUT2D eigenvalue weighted by molar-refractivity contribution is 0.366. The molecule has 2 heteroatoms. The summed E-state index contributed by atoms with van der Waals surface area (Å²) in [5.74, 6) is 3.88. The predicted octanol–water partition coefficient (Wildman–Crippen LogP) is 4.43. The molecule has 0 radical (unpaired) electrons. The van der Waals surface area contributed by atoms with Gasteiger partial charge in [-0.05, 0) is 29.7 Å². The largest absolute Gasteiger partial charge is 0.481 e. The first-order valence-electron chi connectivity index (χ1n) is 7.18. The standard InChI is InChI=1S/C19H21NO/c1-4-13-21-19-8-6-5-7-17(19)14-20-18-11-9-16(10-12-18)15(2)3/h1,5-12,15,20H,13-14H2,2-3H3. The van der Waals surface area contributed by atoms with Crippen LogP contribution in [0.4, 0.5) is 5.69 Å². The first kappa shape index (κ1) is 15.0. The van der Waals surface area contributed by atoms with E-state index in [2.05, 4.69) is 49.4 Å². The fourth-order valence-electron chi connectivity index (χ4n) is 2.09. The zero-order valence-corrected chi connectivity index (χ0v) is 12.6. The zero-order chi connectivity index (χ0) is 15.1. The minimum absolute atomic E-state index is 0.292. The second-order valence-corrected chi connectivity index (χ2v) is 5.23. The maximum absolute atomic E-state index is 5.55. The van der Waals surface area contributed by atoms with Crippen molar-refractivity contribution in [3.05, 3.63) is 59.7 Å². The van der Waals surface area contributed by atoms with Crippen LogP contribution >= 0.6 is 0 Å². The molecule has 0 saturated carbocycles. The quantitative estimate of drug-likeness (QED) is 0.790. The molecule has 0 aliphatic carbocycles. The highest BCUT2D eigenvalue weighted by Crippen LogP contribution is 2.21. The Morgan fingerprint density at radius 3 is 2.48 bits per heavy atom. The number of rotatable bonds is 6. The number of hydrogen-bond acceptors (Lipinski definition) is 2. The van der Waals surface area contributed by atoms with Crippen LogP contribution in [0, 0.1) is 12.3 Å². The lowest BCUT2D eigenvalue weighted by Crippen LogP contribution is -2.03. The third kappa shape index (κ3) is 4.29. The molecule has 21 heavy (non-hydrogen) atoms. The normalized spacial score (nSPS) is 10.2. The minimum atomic E-state index is 0.292. The van der Waals surface area contributed by atoms with Crippen molar-refractivity contribution in [3.63, 3.8) is 0 Å². The van der Waals surface area contributed by atoms with Crippen LogP contribution in [-0.4, -0.2) is 6.61 Å². The minimum Gasteiger partial charge on any atom is -0.481 e. The first-order chi connectivity index (χ1) is 10.2. The molecule has 0 heterocycles. The van der Waals surface area contributed by atoms with Gasteiger partial charge in [-0.2, -0.15) is 0 Å². The van der Waals surface area contributed by atoms with E-state index in [9.17, 15) is 0 Å². The van der Waals surface area contributed by atoms with Crippen molar-refractivity contribution in [3.8, 4) is 18.1 Å². The molecule has 2 aromatic rings. The van der Waals surface area contributed by atoms with Gasteiger partial charge >= 0.3 is 0 Å². The van der Waals surface area contributed by atoms with Crippen LogP contribution in [0.5, 0.6) is 5.75 Å². The number of terminal acetylenes is 1. The Kier molecular flexibility index (Phi) is 5.29. The Balaban J connectivity index is 2.01. The molecule has 0 aromatic heterocycles. The average molecular weight is 279 g/mol. The number of anilines is 1. The van der Waals surface area contributed by atoms with Gasteiger partial charge in [-0.15, -0.1) is 6.42 Å². The van der Waals surface area contributed by atoms with E-state index in [4.69, 9.17) is 11.2 Å². The van der Waals surface area contributed by atoms with E-state index in [0.29, 0.717) is 19.1 Å². The van der Waals surface area contributed by atoms with Crippen LogP contribution < -0.4 is 10.1 Å². The van der Waals surface area contributed by atoms with Gasteiger partial charge in [0.05, 0.1) is 0 Å². The third-order valence-corrected chi connectivity index (χ3v) is 3.34. The molecule has 0 atom stereocenters. The molecule has 0 aliphatic rings. The lowest BCUT2D eigenvalue weighted by atomic mass is 10.0. The Morgan fingerprint density at radius 1 is 1.10 bits per heavy atom. The van der Waals surface area contributed by atoms with Gasteiger partial charge in [0.1, 0.15) is 12.4 Å². The highest BCUT2D eigenvalue weighted by Gasteiger charge is 2.03. The van der Waals surface area contributed by atoms with Crippen molar-refractivity contribution in [1.29, 1.82) is 0 Å². The predicted molar refractivity (Wildman–Crippen MR) is 88.6 cm³/mol. The molecule has 2 aromatic carbocycles. The van der Waals surface area contributed by atoms with E-state index >= 15 is 0 Å². The molecule has 0 unspecified atom stereocenters. The molecular formula is C19H21NO. The highest BCUT2D eigenvalue weighted by molar-refractivity contribution is 5.47. The van der Waals surface area contributed by atoms with Crippen molar-refractivity contribution >= 4 is 5.69 Å². The fraction of sp³-hybridized carbons (Fsp3) is 0.263. The van der Waals surface area contributed by atoms with Crippen molar-refractivity contribution < 1.29 is 4.74 Å². The Labute approximate surface area is 127 Å². The van der Waals surface area contributed by atoms with E-state index in [1.54, 1.807) is 0 Å². The summed E-state index contributed by atoms with van der Waals surface area (Å²) in [6.07, 6.45) is 5.24. The maximum Gasteiger partial charge on any atom is 0.148 e. The van der Waals surface area contributed by atoms with Gasteiger partial charge in [-0.1, -0.05) is 50.1 Å². The van der Waals surface area contributed by atoms with Gasteiger partial charge in [0.25, 0.3) is 0 Å². The zero-order valence-electron chi connectivity index (χ0n) is 12.6. The number of nitrogens with one attached hydrogen (secondary N) is 1. The van der Waals surface area contributed by atoms with Crippen LogP contribution in [0.25, 0.3) is 0 Å². The molecule has 2 rings (SSSR count). The van der Waals surface area contributed by atoms with E-state index in [1.165, 1.54) is 5.56 Å². The van der Waals surface area contributed by atoms with Gasteiger partial charge in [-0.3, -0.25) is 0 Å². The summed E-state index contributed by atoms with van der Waals surface area (Å²) in [5, 5.41) is 3.41. The third-order valence-electron chi connectivity index (χ3n) is 3.34. The SMILES string of the molecule is C#CCOc1ccccc1CNc1ccc(C(C)C)cc1. The molecule has 2 nitrogen and oxygen atoms in total. The summed E-state index contributed by atoms with van der Waals surface area (Å²) in [6.45, 7) is 5.39. The molecule has 1 N–H and O–H groups in total. The van der Waals surface area contributed by atoms with Gasteiger partial charge in [0.15, 0.2) is 0 Å². The summed E-state index contributed by atoms with van der Waals surface area (Å²) in [7, 11) is 0. The van der Waals surface area contributed by atoms with Crippen molar-refractivity contribution in [2.24, 2.45) is 0 Å². The second-order valence-electron chi connectivity index (χ2n) is 5.23. The summed E-state index contributed by atoms with van der Waals surface area (Å²) < 4.78 is 5.55. The lowest BCUT2D eigenvalue weighted by Gasteiger charge is -2.12. The van der Waals surface area contributed by atoms with Gasteiger partial charge in [0, 0.05) is 17.8 Å². The number of para-hydroxylation sites is 1. The molecule has 0 fully saturated rings. The Hall–Kier alpha value is -2.40. The van der Waals surface area contributed by atoms with Crippen LogP contribution in [0.2, 0.25) is 0 Å². The van der Waals surface area contributed by atoms with E-state index in [0.717, 1.165) is 17.0 Å². The van der Waals surface area contributed by atoms with Crippen LogP contribution in [-0.2, 0) is 6.54 Å². The maximum atomic E-state index is 5.55. The molecular weight excluding hydrogens is 258 g/mol. The highest BCUT2D eigenvalue weighted by atomic mass is 16.5. The van der Waals surface area contributed by atoms with Crippen molar-refractivity contribution in [2.45, 2.75) is 26.3 Å². The molecule has 0 bridgehead atoms. The molecule has 0 saturated heterocycles. The number of ether oxygens (including phenoxy) is 1. The Morgan fingerprint density at radius 2 is 1.81 bits per heavy atom. The summed E-state index contributed by atoms with van der Waals surface area (Å²) in [4.78, 5) is 0. The average Bonchev–Trinajstić information content (AvgIpc) is 2.52. The van der Waals surface area contributed by atoms with Crippen LogP contribution in [0.3, 0.4) is 0 Å². The van der Waals surface area contributed by atoms with Gasteiger partial charge < -0.3 is 10.1 Å². The van der Waals surface area contributed by atoms with Crippen molar-refractivity contribution in [2.75, 3.05) is 11.9 Å². The van der Waals surface area contributed by atoms with E-state index in [-0.39, 0.29) is 0 Å². The van der Waals surface area contributed by atoms with Gasteiger partial charge in [0.2, 0.25) is 0 Å². The fourth-order valence-corrected chi connectivity index (χ4v) is 2.09. The van der Waals surface area contributed by atoms with Crippen LogP contribution in [0.1, 0.15) is 30.9 Å². The van der Waals surface area contributed by atoms with E-state index in [1.807, 2.05) is 24.3 Å². The van der Waals surface area contributed by atoms with Crippen LogP contribution in [0.15, 0.2) is 48.5 Å². The summed E-state index contributed by atoms with van der Waals surface area (Å²) in [6, 6.07) is 16.5.